The SMILES string of the molecule is C=C1C[C@H]2[C@@H]3CCC4=CC(=O)C(=O)C[C@]4(C)[C@H]3CC[C@]2(C)[C@@]1(O)C(C)=O. The van der Waals surface area contributed by atoms with Crippen LogP contribution in [0.4, 0.5) is 0 Å². The predicted molar refractivity (Wildman–Crippen MR) is 97.3 cm³/mol. The molecule has 1 N–H and O–H groups in total. The summed E-state index contributed by atoms with van der Waals surface area (Å²) in [7, 11) is 0. The lowest BCUT2D eigenvalue weighted by molar-refractivity contribution is -0.155. The van der Waals surface area contributed by atoms with Crippen LogP contribution in [-0.2, 0) is 14.4 Å². The van der Waals surface area contributed by atoms with Crippen LogP contribution in [0, 0.1) is 28.6 Å². The molecule has 0 amide bonds. The van der Waals surface area contributed by atoms with E-state index >= 15 is 0 Å². The summed E-state index contributed by atoms with van der Waals surface area (Å²) in [4.78, 5) is 36.4. The number of hydrogen-bond acceptors (Lipinski definition) is 4. The van der Waals surface area contributed by atoms with Gasteiger partial charge in [-0.25, -0.2) is 0 Å². The van der Waals surface area contributed by atoms with Crippen molar-refractivity contribution in [1.29, 1.82) is 0 Å². The van der Waals surface area contributed by atoms with E-state index in [0.29, 0.717) is 30.3 Å². The first-order valence-corrected chi connectivity index (χ1v) is 9.75. The molecule has 0 aromatic heterocycles. The monoisotopic (exact) mass is 356 g/mol. The molecule has 3 fully saturated rings. The second-order valence-corrected chi connectivity index (χ2v) is 9.50. The van der Waals surface area contributed by atoms with Gasteiger partial charge >= 0.3 is 0 Å². The zero-order valence-electron chi connectivity index (χ0n) is 15.9. The molecule has 26 heavy (non-hydrogen) atoms. The van der Waals surface area contributed by atoms with Gasteiger partial charge in [0, 0.05) is 11.8 Å². The van der Waals surface area contributed by atoms with Crippen LogP contribution in [0.5, 0.6) is 0 Å². The van der Waals surface area contributed by atoms with Crippen molar-refractivity contribution in [3.8, 4) is 0 Å². The number of hydrogen-bond donors (Lipinski definition) is 1. The van der Waals surface area contributed by atoms with Gasteiger partial charge in [-0.3, -0.25) is 14.4 Å². The summed E-state index contributed by atoms with van der Waals surface area (Å²) in [6.45, 7) is 9.74. The Bertz CT molecular complexity index is 777. The van der Waals surface area contributed by atoms with Crippen molar-refractivity contribution < 1.29 is 19.5 Å². The van der Waals surface area contributed by atoms with Gasteiger partial charge in [-0.2, -0.15) is 0 Å². The van der Waals surface area contributed by atoms with E-state index in [-0.39, 0.29) is 28.7 Å². The molecule has 4 aliphatic carbocycles. The number of Topliss-reactive ketones (excluding diaryl/α,β-unsaturated/α-hetero) is 2. The minimum Gasteiger partial charge on any atom is -0.377 e. The number of rotatable bonds is 1. The minimum atomic E-state index is -1.43. The van der Waals surface area contributed by atoms with Crippen LogP contribution < -0.4 is 0 Å². The van der Waals surface area contributed by atoms with E-state index in [4.69, 9.17) is 0 Å². The van der Waals surface area contributed by atoms with Crippen molar-refractivity contribution in [3.05, 3.63) is 23.8 Å². The van der Waals surface area contributed by atoms with Crippen molar-refractivity contribution in [3.63, 3.8) is 0 Å². The Hall–Kier alpha value is -1.55. The maximum atomic E-state index is 12.4. The molecule has 0 radical (unpaired) electrons. The van der Waals surface area contributed by atoms with Crippen molar-refractivity contribution >= 4 is 17.3 Å². The van der Waals surface area contributed by atoms with Crippen molar-refractivity contribution in [2.24, 2.45) is 28.6 Å². The fraction of sp³-hybridized carbons (Fsp3) is 0.682. The van der Waals surface area contributed by atoms with E-state index in [1.807, 2.05) is 0 Å². The third kappa shape index (κ3) is 1.91. The molecule has 4 aliphatic rings. The second-order valence-electron chi connectivity index (χ2n) is 9.50. The second kappa shape index (κ2) is 5.25. The molecule has 0 aromatic carbocycles. The van der Waals surface area contributed by atoms with Gasteiger partial charge in [0.2, 0.25) is 11.6 Å². The third-order valence-corrected chi connectivity index (χ3v) is 8.55. The Morgan fingerprint density at radius 3 is 2.58 bits per heavy atom. The third-order valence-electron chi connectivity index (χ3n) is 8.55. The molecule has 0 aliphatic heterocycles. The smallest absolute Gasteiger partial charge is 0.221 e. The van der Waals surface area contributed by atoms with Gasteiger partial charge in [-0.1, -0.05) is 26.0 Å². The first-order chi connectivity index (χ1) is 12.1. The van der Waals surface area contributed by atoms with E-state index in [0.717, 1.165) is 31.3 Å². The minimum absolute atomic E-state index is 0.202. The molecule has 4 heteroatoms. The number of ketones is 3. The van der Waals surface area contributed by atoms with E-state index in [1.165, 1.54) is 6.92 Å². The van der Waals surface area contributed by atoms with Crippen LogP contribution in [-0.4, -0.2) is 28.1 Å². The highest BCUT2D eigenvalue weighted by molar-refractivity contribution is 6.42. The quantitative estimate of drug-likeness (QED) is 0.578. The number of allylic oxidation sites excluding steroid dienone is 1. The number of fused-ring (bicyclic) bond motifs is 5. The zero-order chi connectivity index (χ0) is 19.1. The van der Waals surface area contributed by atoms with Crippen LogP contribution in [0.2, 0.25) is 0 Å². The van der Waals surface area contributed by atoms with E-state index in [2.05, 4.69) is 20.4 Å². The van der Waals surface area contributed by atoms with E-state index in [9.17, 15) is 19.5 Å². The van der Waals surface area contributed by atoms with Crippen LogP contribution in [0.1, 0.15) is 59.3 Å². The van der Waals surface area contributed by atoms with Crippen LogP contribution in [0.15, 0.2) is 23.8 Å². The Morgan fingerprint density at radius 1 is 1.23 bits per heavy atom. The largest absolute Gasteiger partial charge is 0.377 e. The topological polar surface area (TPSA) is 71.4 Å². The lowest BCUT2D eigenvalue weighted by Crippen LogP contribution is -2.57. The van der Waals surface area contributed by atoms with Crippen LogP contribution >= 0.6 is 0 Å². The number of carbonyl (C=O) groups excluding carboxylic acids is 3. The summed E-state index contributed by atoms with van der Waals surface area (Å²) in [5, 5.41) is 11.3. The molecular formula is C22H28O4. The fourth-order valence-corrected chi connectivity index (χ4v) is 7.08. The lowest BCUT2D eigenvalue weighted by atomic mass is 9.46. The molecule has 0 unspecified atom stereocenters. The molecule has 4 rings (SSSR count). The van der Waals surface area contributed by atoms with Gasteiger partial charge in [-0.15, -0.1) is 0 Å². The van der Waals surface area contributed by atoms with E-state index in [1.54, 1.807) is 6.08 Å². The van der Waals surface area contributed by atoms with Gasteiger partial charge in [0.1, 0.15) is 5.60 Å². The van der Waals surface area contributed by atoms with Crippen LogP contribution in [0.25, 0.3) is 0 Å². The average molecular weight is 356 g/mol. The summed E-state index contributed by atoms with van der Waals surface area (Å²) in [5.41, 5.74) is -0.389. The maximum absolute atomic E-state index is 12.4. The molecule has 140 valence electrons. The number of carbonyl (C=O) groups is 3. The van der Waals surface area contributed by atoms with Crippen molar-refractivity contribution in [2.45, 2.75) is 64.9 Å². The standard InChI is InChI=1S/C22H28O4/c1-12-9-17-15-6-5-14-10-18(24)19(25)11-20(14,3)16(15)7-8-21(17,4)22(12,26)13(2)23/h10,15-17,26H,1,5-9,11H2,2-4H3/t15-,16+,17+,20+,21+,22+/m1/s1. The Labute approximate surface area is 154 Å². The Kier molecular flexibility index (Phi) is 3.60. The Balaban J connectivity index is 1.75. The molecule has 0 saturated heterocycles. The van der Waals surface area contributed by atoms with Gasteiger partial charge in [0.05, 0.1) is 0 Å². The summed E-state index contributed by atoms with van der Waals surface area (Å²) < 4.78 is 0. The zero-order valence-corrected chi connectivity index (χ0v) is 15.9. The Morgan fingerprint density at radius 2 is 1.92 bits per heavy atom. The summed E-state index contributed by atoms with van der Waals surface area (Å²) >= 11 is 0. The molecule has 0 spiro atoms. The number of aliphatic hydroxyl groups is 1. The fourth-order valence-electron chi connectivity index (χ4n) is 7.08. The van der Waals surface area contributed by atoms with Crippen molar-refractivity contribution in [2.75, 3.05) is 0 Å². The van der Waals surface area contributed by atoms with E-state index < -0.39 is 11.0 Å². The highest BCUT2D eigenvalue weighted by Crippen LogP contribution is 2.68. The molecule has 4 nitrogen and oxygen atoms in total. The van der Waals surface area contributed by atoms with Crippen molar-refractivity contribution in [1.82, 2.24) is 0 Å². The van der Waals surface area contributed by atoms with Gasteiger partial charge < -0.3 is 5.11 Å². The molecule has 0 aromatic rings. The van der Waals surface area contributed by atoms with Crippen LogP contribution in [0.3, 0.4) is 0 Å². The summed E-state index contributed by atoms with van der Waals surface area (Å²) in [6.07, 6.45) is 5.98. The average Bonchev–Trinajstić information content (AvgIpc) is 2.78. The summed E-state index contributed by atoms with van der Waals surface area (Å²) in [6, 6.07) is 0. The highest BCUT2D eigenvalue weighted by atomic mass is 16.3. The van der Waals surface area contributed by atoms with Gasteiger partial charge in [-0.05, 0) is 73.8 Å². The molecule has 0 heterocycles. The normalized spacial score (nSPS) is 47.8. The van der Waals surface area contributed by atoms with Gasteiger partial charge in [0.15, 0.2) is 5.78 Å². The maximum Gasteiger partial charge on any atom is 0.221 e. The predicted octanol–water partition coefficient (Wildman–Crippen LogP) is 3.18. The highest BCUT2D eigenvalue weighted by Gasteiger charge is 2.67. The molecule has 0 bridgehead atoms. The first kappa shape index (κ1) is 17.8. The summed E-state index contributed by atoms with van der Waals surface area (Å²) in [5.74, 6) is 0.0422. The lowest BCUT2D eigenvalue weighted by Gasteiger charge is -2.58. The first-order valence-electron chi connectivity index (χ1n) is 9.75. The molecule has 6 atom stereocenters. The molecule has 3 saturated carbocycles. The molecular weight excluding hydrogens is 328 g/mol. The van der Waals surface area contributed by atoms with Gasteiger partial charge in [0.25, 0.3) is 0 Å².